The first-order chi connectivity index (χ1) is 6.33. The van der Waals surface area contributed by atoms with E-state index in [0.29, 0.717) is 5.78 Å². The van der Waals surface area contributed by atoms with Gasteiger partial charge in [-0.25, -0.2) is 0 Å². The first-order valence-corrected chi connectivity index (χ1v) is 4.98. The zero-order valence-corrected chi connectivity index (χ0v) is 8.01. The van der Waals surface area contributed by atoms with Crippen molar-refractivity contribution in [1.29, 1.82) is 0 Å². The summed E-state index contributed by atoms with van der Waals surface area (Å²) in [5.41, 5.74) is 1.30. The molecule has 1 aliphatic rings. The monoisotopic (exact) mass is 176 g/mol. The predicted molar refractivity (Wildman–Crippen MR) is 54.2 cm³/mol. The Morgan fingerprint density at radius 3 is 2.92 bits per heavy atom. The van der Waals surface area contributed by atoms with Crippen LogP contribution in [0.3, 0.4) is 0 Å². The molecule has 0 spiro atoms. The molecule has 13 heavy (non-hydrogen) atoms. The van der Waals surface area contributed by atoms with Crippen LogP contribution in [0.2, 0.25) is 0 Å². The van der Waals surface area contributed by atoms with Crippen LogP contribution in [-0.2, 0) is 4.79 Å². The zero-order valence-electron chi connectivity index (χ0n) is 8.01. The molecule has 0 aliphatic heterocycles. The minimum atomic E-state index is 0.299. The fourth-order valence-electron chi connectivity index (χ4n) is 1.64. The Morgan fingerprint density at radius 2 is 2.15 bits per heavy atom. The number of carbonyl (C=O) groups excluding carboxylic acids is 1. The highest BCUT2D eigenvalue weighted by Gasteiger charge is 2.07. The average molecular weight is 176 g/mol. The minimum absolute atomic E-state index is 0.299. The molecule has 70 valence electrons. The zero-order chi connectivity index (χ0) is 9.52. The van der Waals surface area contributed by atoms with Crippen LogP contribution in [0, 0.1) is 12.3 Å². The summed E-state index contributed by atoms with van der Waals surface area (Å²) in [5.74, 6) is 2.92. The lowest BCUT2D eigenvalue weighted by Gasteiger charge is -2.01. The van der Waals surface area contributed by atoms with E-state index in [4.69, 9.17) is 6.42 Å². The lowest BCUT2D eigenvalue weighted by molar-refractivity contribution is -0.114. The van der Waals surface area contributed by atoms with Gasteiger partial charge in [0.1, 0.15) is 0 Å². The van der Waals surface area contributed by atoms with Crippen molar-refractivity contribution in [2.45, 2.75) is 44.9 Å². The maximum absolute atomic E-state index is 11.2. The molecule has 0 radical (unpaired) electrons. The van der Waals surface area contributed by atoms with Gasteiger partial charge in [0.2, 0.25) is 0 Å². The Bertz CT molecular complexity index is 242. The van der Waals surface area contributed by atoms with Crippen molar-refractivity contribution >= 4 is 5.78 Å². The lowest BCUT2D eigenvalue weighted by atomic mass is 10.0. The van der Waals surface area contributed by atoms with Gasteiger partial charge in [-0.15, -0.1) is 12.3 Å². The van der Waals surface area contributed by atoms with Gasteiger partial charge in [-0.3, -0.25) is 4.79 Å². The summed E-state index contributed by atoms with van der Waals surface area (Å²) < 4.78 is 0. The largest absolute Gasteiger partial charge is 0.295 e. The molecule has 0 N–H and O–H groups in total. The van der Waals surface area contributed by atoms with Crippen molar-refractivity contribution in [3.8, 4) is 12.3 Å². The number of rotatable bonds is 3. The van der Waals surface area contributed by atoms with Crippen LogP contribution in [0.1, 0.15) is 44.9 Å². The van der Waals surface area contributed by atoms with Gasteiger partial charge >= 0.3 is 0 Å². The SMILES string of the molecule is C#CCCCC1=CC(=O)CCCC1. The molecular formula is C12H16O. The van der Waals surface area contributed by atoms with E-state index in [-0.39, 0.29) is 0 Å². The summed E-state index contributed by atoms with van der Waals surface area (Å²) in [6, 6.07) is 0. The van der Waals surface area contributed by atoms with E-state index >= 15 is 0 Å². The van der Waals surface area contributed by atoms with E-state index in [1.54, 1.807) is 0 Å². The Labute approximate surface area is 80.2 Å². The van der Waals surface area contributed by atoms with Crippen LogP contribution < -0.4 is 0 Å². The fourth-order valence-corrected chi connectivity index (χ4v) is 1.64. The van der Waals surface area contributed by atoms with Gasteiger partial charge in [0, 0.05) is 12.8 Å². The lowest BCUT2D eigenvalue weighted by Crippen LogP contribution is -1.90. The van der Waals surface area contributed by atoms with Crippen molar-refractivity contribution in [2.75, 3.05) is 0 Å². The van der Waals surface area contributed by atoms with Crippen LogP contribution >= 0.6 is 0 Å². The molecule has 1 heteroatoms. The van der Waals surface area contributed by atoms with E-state index in [9.17, 15) is 4.79 Å². The third-order valence-electron chi connectivity index (χ3n) is 2.36. The summed E-state index contributed by atoms with van der Waals surface area (Å²) in [5, 5.41) is 0. The molecular weight excluding hydrogens is 160 g/mol. The van der Waals surface area contributed by atoms with E-state index in [1.165, 1.54) is 5.57 Å². The molecule has 0 fully saturated rings. The van der Waals surface area contributed by atoms with Crippen molar-refractivity contribution in [2.24, 2.45) is 0 Å². The second kappa shape index (κ2) is 5.59. The quantitative estimate of drug-likeness (QED) is 0.477. The van der Waals surface area contributed by atoms with Gasteiger partial charge in [0.05, 0.1) is 0 Å². The third kappa shape index (κ3) is 3.94. The number of carbonyl (C=O) groups is 1. The summed E-state index contributed by atoms with van der Waals surface area (Å²) in [6.07, 6.45) is 13.9. The average Bonchev–Trinajstić information content (AvgIpc) is 2.31. The molecule has 0 aromatic carbocycles. The van der Waals surface area contributed by atoms with Crippen LogP contribution in [0.15, 0.2) is 11.6 Å². The molecule has 0 saturated carbocycles. The molecule has 0 unspecified atom stereocenters. The van der Waals surface area contributed by atoms with Crippen molar-refractivity contribution in [3.63, 3.8) is 0 Å². The van der Waals surface area contributed by atoms with Gasteiger partial charge in [-0.2, -0.15) is 0 Å². The van der Waals surface area contributed by atoms with E-state index in [2.05, 4.69) is 5.92 Å². The van der Waals surface area contributed by atoms with Crippen molar-refractivity contribution < 1.29 is 4.79 Å². The van der Waals surface area contributed by atoms with Gasteiger partial charge in [0.25, 0.3) is 0 Å². The minimum Gasteiger partial charge on any atom is -0.295 e. The van der Waals surface area contributed by atoms with Gasteiger partial charge in [-0.05, 0) is 38.2 Å². The Kier molecular flexibility index (Phi) is 4.32. The highest BCUT2D eigenvalue weighted by atomic mass is 16.1. The number of terminal acetylenes is 1. The summed E-state index contributed by atoms with van der Waals surface area (Å²) in [4.78, 5) is 11.2. The first-order valence-electron chi connectivity index (χ1n) is 4.98. The third-order valence-corrected chi connectivity index (χ3v) is 2.36. The molecule has 1 nitrogen and oxygen atoms in total. The predicted octanol–water partition coefficient (Wildman–Crippen LogP) is 2.86. The van der Waals surface area contributed by atoms with Crippen molar-refractivity contribution in [1.82, 2.24) is 0 Å². The van der Waals surface area contributed by atoms with Crippen LogP contribution in [0.25, 0.3) is 0 Å². The fraction of sp³-hybridized carbons (Fsp3) is 0.583. The van der Waals surface area contributed by atoms with Crippen LogP contribution in [0.4, 0.5) is 0 Å². The summed E-state index contributed by atoms with van der Waals surface area (Å²) >= 11 is 0. The Balaban J connectivity index is 2.38. The maximum Gasteiger partial charge on any atom is 0.155 e. The topological polar surface area (TPSA) is 17.1 Å². The highest BCUT2D eigenvalue weighted by molar-refractivity contribution is 5.90. The molecule has 0 aromatic heterocycles. The number of hydrogen-bond donors (Lipinski definition) is 0. The van der Waals surface area contributed by atoms with E-state index in [1.807, 2.05) is 6.08 Å². The highest BCUT2D eigenvalue weighted by Crippen LogP contribution is 2.19. The second-order valence-corrected chi connectivity index (χ2v) is 3.53. The number of ketones is 1. The standard InChI is InChI=1S/C12H16O/c1-2-3-4-7-11-8-5-6-9-12(13)10-11/h1,10H,3-9H2. The van der Waals surface area contributed by atoms with E-state index < -0.39 is 0 Å². The van der Waals surface area contributed by atoms with Gasteiger partial charge < -0.3 is 0 Å². The van der Waals surface area contributed by atoms with Gasteiger partial charge in [0.15, 0.2) is 5.78 Å². The smallest absolute Gasteiger partial charge is 0.155 e. The molecule has 1 aliphatic carbocycles. The van der Waals surface area contributed by atoms with Crippen LogP contribution in [-0.4, -0.2) is 5.78 Å². The normalized spacial score (nSPS) is 17.5. The molecule has 0 saturated heterocycles. The maximum atomic E-state index is 11.2. The molecule has 0 aromatic rings. The number of hydrogen-bond acceptors (Lipinski definition) is 1. The summed E-state index contributed by atoms with van der Waals surface area (Å²) in [6.45, 7) is 0. The van der Waals surface area contributed by atoms with Gasteiger partial charge in [-0.1, -0.05) is 5.57 Å². The molecule has 1 rings (SSSR count). The second-order valence-electron chi connectivity index (χ2n) is 3.53. The molecule has 0 bridgehead atoms. The molecule has 0 amide bonds. The Morgan fingerprint density at radius 1 is 1.38 bits per heavy atom. The Hall–Kier alpha value is -1.03. The van der Waals surface area contributed by atoms with Crippen LogP contribution in [0.5, 0.6) is 0 Å². The molecule has 0 heterocycles. The number of unbranched alkanes of at least 4 members (excludes halogenated alkanes) is 1. The van der Waals surface area contributed by atoms with E-state index in [0.717, 1.165) is 44.9 Å². The number of allylic oxidation sites excluding steroid dienone is 2. The molecule has 0 atom stereocenters. The first kappa shape index (κ1) is 10.1. The summed E-state index contributed by atoms with van der Waals surface area (Å²) in [7, 11) is 0. The van der Waals surface area contributed by atoms with Crippen molar-refractivity contribution in [3.05, 3.63) is 11.6 Å².